The molecule has 8 nitrogen and oxygen atoms in total. The maximum Gasteiger partial charge on any atom is 0.522 e. The normalized spacial score (nSPS) is 28.9. The van der Waals surface area contributed by atoms with Crippen LogP contribution in [0.15, 0.2) is 34.7 Å². The van der Waals surface area contributed by atoms with Gasteiger partial charge in [-0.3, -0.25) is 9.53 Å². The summed E-state index contributed by atoms with van der Waals surface area (Å²) in [6, 6.07) is 5.96. The zero-order valence-corrected chi connectivity index (χ0v) is 20.2. The summed E-state index contributed by atoms with van der Waals surface area (Å²) in [5.74, 6) is -0.247. The first-order valence-corrected chi connectivity index (χ1v) is 12.4. The highest BCUT2D eigenvalue weighted by atomic mass is 19.4. The van der Waals surface area contributed by atoms with Crippen LogP contribution >= 0.6 is 0 Å². The molecule has 1 aromatic carbocycles. The van der Waals surface area contributed by atoms with Crippen molar-refractivity contribution < 1.29 is 45.0 Å². The first-order chi connectivity index (χ1) is 18.3. The molecule has 2 aromatic heterocycles. The molecule has 7 rings (SSSR count). The van der Waals surface area contributed by atoms with E-state index >= 15 is 0 Å². The maximum atomic E-state index is 13.0. The van der Waals surface area contributed by atoms with Crippen molar-refractivity contribution in [2.75, 3.05) is 6.61 Å². The summed E-state index contributed by atoms with van der Waals surface area (Å²) in [7, 11) is 0. The highest BCUT2D eigenvalue weighted by molar-refractivity contribution is 5.95. The van der Waals surface area contributed by atoms with E-state index in [9.17, 15) is 31.1 Å². The molecular formula is C25H22F6N4O4. The van der Waals surface area contributed by atoms with Gasteiger partial charge >= 0.3 is 12.5 Å². The Balaban J connectivity index is 1.09. The van der Waals surface area contributed by atoms with E-state index in [1.165, 1.54) is 18.2 Å². The number of fused-ring (bicyclic) bond motifs is 4. The molecule has 0 radical (unpaired) electrons. The molecule has 2 aliphatic heterocycles. The monoisotopic (exact) mass is 556 g/mol. The van der Waals surface area contributed by atoms with Crippen LogP contribution in [0.3, 0.4) is 0 Å². The van der Waals surface area contributed by atoms with Crippen LogP contribution in [0.5, 0.6) is 0 Å². The molecule has 1 N–H and O–H groups in total. The number of nitrogens with zero attached hydrogens (tertiary/aromatic N) is 3. The van der Waals surface area contributed by atoms with Crippen molar-refractivity contribution in [1.29, 1.82) is 0 Å². The molecule has 2 saturated heterocycles. The van der Waals surface area contributed by atoms with E-state index in [1.807, 2.05) is 0 Å². The summed E-state index contributed by atoms with van der Waals surface area (Å²) >= 11 is 0. The van der Waals surface area contributed by atoms with Crippen molar-refractivity contribution in [2.45, 2.75) is 74.2 Å². The van der Waals surface area contributed by atoms with Crippen LogP contribution in [0.25, 0.3) is 10.9 Å². The van der Waals surface area contributed by atoms with E-state index in [-0.39, 0.29) is 53.7 Å². The fourth-order valence-corrected chi connectivity index (χ4v) is 5.50. The van der Waals surface area contributed by atoms with Gasteiger partial charge in [-0.15, -0.1) is 23.4 Å². The van der Waals surface area contributed by atoms with E-state index < -0.39 is 41.3 Å². The van der Waals surface area contributed by atoms with Gasteiger partial charge in [-0.1, -0.05) is 6.07 Å². The van der Waals surface area contributed by atoms with Crippen LogP contribution in [0.1, 0.15) is 72.3 Å². The molecule has 2 aliphatic carbocycles. The minimum atomic E-state index is -4.68. The minimum Gasteiger partial charge on any atom is -0.422 e. The van der Waals surface area contributed by atoms with Gasteiger partial charge in [0.25, 0.3) is 5.91 Å². The zero-order chi connectivity index (χ0) is 27.6. The predicted molar refractivity (Wildman–Crippen MR) is 120 cm³/mol. The number of aromatic nitrogens is 3. The fourth-order valence-electron chi connectivity index (χ4n) is 5.50. The highest BCUT2D eigenvalue weighted by Crippen LogP contribution is 2.50. The van der Waals surface area contributed by atoms with Gasteiger partial charge in [0, 0.05) is 11.3 Å². The van der Waals surface area contributed by atoms with Crippen LogP contribution < -0.4 is 5.32 Å². The van der Waals surface area contributed by atoms with E-state index in [0.717, 1.165) is 12.1 Å². The van der Waals surface area contributed by atoms with Crippen molar-refractivity contribution in [1.82, 2.24) is 20.5 Å². The number of amides is 1. The number of hydrogen-bond acceptors (Lipinski definition) is 7. The molecule has 14 heteroatoms. The number of carbonyl (C=O) groups excluding carboxylic acids is 1. The van der Waals surface area contributed by atoms with Crippen LogP contribution in [0, 0.1) is 0 Å². The SMILES string of the molecule is O=C(NC12CCC(c3nnc(C4CC(OC(F)(F)F)C4)o3)(CC1)OC2)c1ccc2cc(C(F)(F)F)ccc2n1. The molecule has 4 aliphatic rings. The number of halogens is 6. The smallest absolute Gasteiger partial charge is 0.422 e. The number of carbonyl (C=O) groups is 1. The fraction of sp³-hybridized carbons (Fsp3) is 0.520. The number of nitrogens with one attached hydrogen (secondary N) is 1. The molecular weight excluding hydrogens is 534 g/mol. The quantitative estimate of drug-likeness (QED) is 0.421. The topological polar surface area (TPSA) is 99.4 Å². The average Bonchev–Trinajstić information content (AvgIpc) is 3.36. The Morgan fingerprint density at radius 1 is 1.00 bits per heavy atom. The number of alkyl halides is 6. The third kappa shape index (κ3) is 4.95. The van der Waals surface area contributed by atoms with Gasteiger partial charge < -0.3 is 14.5 Å². The Labute approximate surface area is 217 Å². The van der Waals surface area contributed by atoms with Gasteiger partial charge in [-0.05, 0) is 62.8 Å². The van der Waals surface area contributed by atoms with Crippen molar-refractivity contribution in [3.05, 3.63) is 53.4 Å². The van der Waals surface area contributed by atoms with Gasteiger partial charge in [-0.2, -0.15) is 13.2 Å². The second kappa shape index (κ2) is 8.88. The van der Waals surface area contributed by atoms with E-state index in [0.29, 0.717) is 25.7 Å². The third-order valence-corrected chi connectivity index (χ3v) is 7.84. The Bertz CT molecular complexity index is 1390. The van der Waals surface area contributed by atoms with E-state index in [2.05, 4.69) is 25.2 Å². The van der Waals surface area contributed by atoms with Gasteiger partial charge in [0.2, 0.25) is 11.8 Å². The van der Waals surface area contributed by atoms with Crippen LogP contribution in [0.2, 0.25) is 0 Å². The lowest BCUT2D eigenvalue weighted by Crippen LogP contribution is -2.62. The Kier molecular flexibility index (Phi) is 5.92. The standard InChI is InChI=1S/C25H22F6N4O4/c26-24(27,28)15-2-4-17-13(9-15)1-3-18(32-17)19(36)33-22-5-7-23(8-6-22,37-12-22)21-35-34-20(38-21)14-10-16(11-14)39-25(29,30)31/h1-4,9,14,16H,5-8,10-12H2,(H,33,36). The predicted octanol–water partition coefficient (Wildman–Crippen LogP) is 5.39. The summed E-state index contributed by atoms with van der Waals surface area (Å²) in [6.07, 6.45) is -7.77. The lowest BCUT2D eigenvalue weighted by Gasteiger charge is -2.51. The van der Waals surface area contributed by atoms with Crippen molar-refractivity contribution >= 4 is 16.8 Å². The summed E-state index contributed by atoms with van der Waals surface area (Å²) in [5.41, 5.74) is -1.94. The molecule has 208 valence electrons. The number of benzene rings is 1. The van der Waals surface area contributed by atoms with Crippen molar-refractivity contribution in [3.8, 4) is 0 Å². The van der Waals surface area contributed by atoms with Gasteiger partial charge in [0.1, 0.15) is 11.3 Å². The number of hydrogen-bond donors (Lipinski definition) is 1. The molecule has 3 aromatic rings. The third-order valence-electron chi connectivity index (χ3n) is 7.84. The molecule has 0 atom stereocenters. The largest absolute Gasteiger partial charge is 0.522 e. The minimum absolute atomic E-state index is 0.0777. The van der Waals surface area contributed by atoms with Crippen LogP contribution in [-0.2, 0) is 21.3 Å². The highest BCUT2D eigenvalue weighted by Gasteiger charge is 2.54. The van der Waals surface area contributed by atoms with Gasteiger partial charge in [0.15, 0.2) is 0 Å². The Hall–Kier alpha value is -3.26. The average molecular weight is 556 g/mol. The lowest BCUT2D eigenvalue weighted by atomic mass is 9.71. The molecule has 2 saturated carbocycles. The maximum absolute atomic E-state index is 13.0. The van der Waals surface area contributed by atoms with Crippen molar-refractivity contribution in [3.63, 3.8) is 0 Å². The molecule has 39 heavy (non-hydrogen) atoms. The van der Waals surface area contributed by atoms with E-state index in [4.69, 9.17) is 9.15 Å². The molecule has 0 unspecified atom stereocenters. The first-order valence-electron chi connectivity index (χ1n) is 12.4. The zero-order valence-electron chi connectivity index (χ0n) is 20.2. The Morgan fingerprint density at radius 3 is 2.38 bits per heavy atom. The van der Waals surface area contributed by atoms with Gasteiger partial charge in [0.05, 0.1) is 29.3 Å². The second-order valence-corrected chi connectivity index (χ2v) is 10.4. The summed E-state index contributed by atoms with van der Waals surface area (Å²) in [6.45, 7) is 0.171. The van der Waals surface area contributed by atoms with Crippen molar-refractivity contribution in [2.24, 2.45) is 0 Å². The molecule has 4 fully saturated rings. The Morgan fingerprint density at radius 2 is 1.74 bits per heavy atom. The van der Waals surface area contributed by atoms with Crippen LogP contribution in [0.4, 0.5) is 26.3 Å². The van der Waals surface area contributed by atoms with E-state index in [1.54, 1.807) is 0 Å². The summed E-state index contributed by atoms with van der Waals surface area (Å²) in [5, 5.41) is 11.4. The molecule has 2 bridgehead atoms. The lowest BCUT2D eigenvalue weighted by molar-refractivity contribution is -0.352. The number of ether oxygens (including phenoxy) is 2. The number of pyridine rings is 1. The second-order valence-electron chi connectivity index (χ2n) is 10.4. The molecule has 1 amide bonds. The summed E-state index contributed by atoms with van der Waals surface area (Å²) in [4.78, 5) is 17.3. The molecule has 4 heterocycles. The summed E-state index contributed by atoms with van der Waals surface area (Å²) < 4.78 is 92.0. The number of rotatable bonds is 5. The molecule has 0 spiro atoms. The van der Waals surface area contributed by atoms with Gasteiger partial charge in [-0.25, -0.2) is 4.98 Å². The first kappa shape index (κ1) is 26.0. The van der Waals surface area contributed by atoms with Crippen LogP contribution in [-0.4, -0.2) is 45.7 Å².